The van der Waals surface area contributed by atoms with E-state index in [2.05, 4.69) is 5.32 Å². The van der Waals surface area contributed by atoms with Gasteiger partial charge < -0.3 is 19.9 Å². The highest BCUT2D eigenvalue weighted by molar-refractivity contribution is 5.93. The predicted octanol–water partition coefficient (Wildman–Crippen LogP) is 1.27. The fourth-order valence-electron chi connectivity index (χ4n) is 3.33. The summed E-state index contributed by atoms with van der Waals surface area (Å²) < 4.78 is 1.74. The van der Waals surface area contributed by atoms with Gasteiger partial charge in [-0.1, -0.05) is 29.8 Å². The molecule has 6 nitrogen and oxygen atoms in total. The average Bonchev–Trinajstić information content (AvgIpc) is 3.02. The number of likely N-dealkylation sites (tertiary alicyclic amines) is 1. The van der Waals surface area contributed by atoms with Crippen molar-refractivity contribution >= 4 is 11.8 Å². The van der Waals surface area contributed by atoms with Crippen LogP contribution in [0, 0.1) is 6.92 Å². The normalized spacial score (nSPS) is 20.0. The molecule has 0 radical (unpaired) electrons. The number of amides is 2. The van der Waals surface area contributed by atoms with Crippen LogP contribution in [0.2, 0.25) is 0 Å². The second kappa shape index (κ2) is 7.74. The van der Waals surface area contributed by atoms with Crippen LogP contribution in [0.3, 0.4) is 0 Å². The van der Waals surface area contributed by atoms with Crippen LogP contribution in [0.25, 0.3) is 0 Å². The average molecular weight is 355 g/mol. The third-order valence-corrected chi connectivity index (χ3v) is 4.77. The molecule has 1 aromatic carbocycles. The highest BCUT2D eigenvalue weighted by atomic mass is 16.3. The Kier molecular flexibility index (Phi) is 5.42. The van der Waals surface area contributed by atoms with Gasteiger partial charge in [0.15, 0.2) is 0 Å². The first-order valence-electron chi connectivity index (χ1n) is 8.86. The zero-order chi connectivity index (χ0) is 18.7. The highest BCUT2D eigenvalue weighted by Gasteiger charge is 2.30. The molecule has 0 aliphatic carbocycles. The molecule has 138 valence electrons. The Hall–Kier alpha value is -2.60. The number of aryl methyl sites for hydroxylation is 2. The first kappa shape index (κ1) is 18.2. The van der Waals surface area contributed by atoms with Crippen molar-refractivity contribution in [1.82, 2.24) is 14.8 Å². The summed E-state index contributed by atoms with van der Waals surface area (Å²) in [5.41, 5.74) is 2.66. The van der Waals surface area contributed by atoms with Crippen LogP contribution in [0.4, 0.5) is 0 Å². The van der Waals surface area contributed by atoms with Crippen molar-refractivity contribution in [3.05, 3.63) is 59.4 Å². The highest BCUT2D eigenvalue weighted by Crippen LogP contribution is 2.14. The van der Waals surface area contributed by atoms with Crippen molar-refractivity contribution in [2.75, 3.05) is 13.1 Å². The number of carbonyl (C=O) groups excluding carboxylic acids is 2. The lowest BCUT2D eigenvalue weighted by Gasteiger charge is -2.36. The quantitative estimate of drug-likeness (QED) is 0.867. The topological polar surface area (TPSA) is 74.6 Å². The summed E-state index contributed by atoms with van der Waals surface area (Å²) in [6, 6.07) is 11.2. The summed E-state index contributed by atoms with van der Waals surface area (Å²) in [7, 11) is 1.81. The smallest absolute Gasteiger partial charge is 0.268 e. The number of nitrogens with one attached hydrogen (secondary N) is 1. The fraction of sp³-hybridized carbons (Fsp3) is 0.400. The van der Waals surface area contributed by atoms with Gasteiger partial charge >= 0.3 is 0 Å². The zero-order valence-corrected chi connectivity index (χ0v) is 15.2. The van der Waals surface area contributed by atoms with Crippen molar-refractivity contribution in [2.45, 2.75) is 31.9 Å². The van der Waals surface area contributed by atoms with Crippen molar-refractivity contribution in [1.29, 1.82) is 0 Å². The van der Waals surface area contributed by atoms with E-state index in [0.29, 0.717) is 31.6 Å². The molecule has 2 atom stereocenters. The molecule has 1 fully saturated rings. The molecular weight excluding hydrogens is 330 g/mol. The number of piperidine rings is 1. The molecule has 0 saturated carbocycles. The van der Waals surface area contributed by atoms with Gasteiger partial charge in [0.05, 0.1) is 12.5 Å². The molecule has 2 heterocycles. The van der Waals surface area contributed by atoms with E-state index in [1.54, 1.807) is 15.5 Å². The zero-order valence-electron chi connectivity index (χ0n) is 15.2. The van der Waals surface area contributed by atoms with E-state index in [1.165, 1.54) is 0 Å². The minimum atomic E-state index is -0.635. The summed E-state index contributed by atoms with van der Waals surface area (Å²) in [6.45, 7) is 2.73. The molecule has 0 unspecified atom stereocenters. The fourth-order valence-corrected chi connectivity index (χ4v) is 3.33. The molecule has 1 aromatic heterocycles. The number of hydrogen-bond donors (Lipinski definition) is 2. The molecule has 0 bridgehead atoms. The number of benzene rings is 1. The predicted molar refractivity (Wildman–Crippen MR) is 98.8 cm³/mol. The summed E-state index contributed by atoms with van der Waals surface area (Å²) in [6.07, 6.45) is 1.92. The molecule has 3 rings (SSSR count). The standard InChI is InChI=1S/C20H25N3O3/c1-14-5-7-15(8-6-14)10-19(25)23-12-16(11-17(24)13-23)21-20(26)18-4-3-9-22(18)2/h3-9,16-17,24H,10-13H2,1-2H3,(H,21,26)/t16-,17+/m0/s1. The SMILES string of the molecule is Cc1ccc(CC(=O)N2C[C@H](O)C[C@H](NC(=O)c3cccn3C)C2)cc1. The summed E-state index contributed by atoms with van der Waals surface area (Å²) in [4.78, 5) is 26.6. The molecule has 26 heavy (non-hydrogen) atoms. The number of aliphatic hydroxyl groups excluding tert-OH is 1. The number of aliphatic hydroxyl groups is 1. The Bertz CT molecular complexity index is 782. The Labute approximate surface area is 153 Å². The monoisotopic (exact) mass is 355 g/mol. The van der Waals surface area contributed by atoms with Crippen molar-refractivity contribution in [3.63, 3.8) is 0 Å². The second-order valence-corrected chi connectivity index (χ2v) is 7.03. The van der Waals surface area contributed by atoms with Crippen LogP contribution in [0.1, 0.15) is 28.0 Å². The van der Waals surface area contributed by atoms with E-state index in [4.69, 9.17) is 0 Å². The van der Waals surface area contributed by atoms with E-state index in [1.807, 2.05) is 50.5 Å². The minimum absolute atomic E-state index is 0.0364. The summed E-state index contributed by atoms with van der Waals surface area (Å²) >= 11 is 0. The van der Waals surface area contributed by atoms with Crippen molar-refractivity contribution in [3.8, 4) is 0 Å². The van der Waals surface area contributed by atoms with Gasteiger partial charge in [0, 0.05) is 32.4 Å². The molecule has 2 amide bonds. The number of aromatic nitrogens is 1. The number of nitrogens with zero attached hydrogens (tertiary/aromatic N) is 2. The van der Waals surface area contributed by atoms with Gasteiger partial charge in [-0.2, -0.15) is 0 Å². The maximum absolute atomic E-state index is 12.6. The number of β-amino-alcohol motifs (C(OH)–C–C–N with tert-alkyl or cyclic N) is 1. The molecule has 2 N–H and O–H groups in total. The van der Waals surface area contributed by atoms with Crippen molar-refractivity contribution in [2.24, 2.45) is 7.05 Å². The Balaban J connectivity index is 1.62. The molecule has 1 aliphatic heterocycles. The van der Waals surface area contributed by atoms with Crippen LogP contribution in [0.5, 0.6) is 0 Å². The number of hydrogen-bond acceptors (Lipinski definition) is 3. The van der Waals surface area contributed by atoms with Crippen LogP contribution in [-0.2, 0) is 18.3 Å². The molecule has 1 aliphatic rings. The van der Waals surface area contributed by atoms with E-state index >= 15 is 0 Å². The van der Waals surface area contributed by atoms with E-state index in [9.17, 15) is 14.7 Å². The van der Waals surface area contributed by atoms with Crippen molar-refractivity contribution < 1.29 is 14.7 Å². The first-order valence-corrected chi connectivity index (χ1v) is 8.86. The third-order valence-electron chi connectivity index (χ3n) is 4.77. The molecule has 0 spiro atoms. The van der Waals surface area contributed by atoms with Gasteiger partial charge in [-0.05, 0) is 31.0 Å². The first-order chi connectivity index (χ1) is 12.4. The number of carbonyl (C=O) groups is 2. The Morgan fingerprint density at radius 2 is 1.92 bits per heavy atom. The summed E-state index contributed by atoms with van der Waals surface area (Å²) in [5.74, 6) is -0.228. The van der Waals surface area contributed by atoms with E-state index < -0.39 is 6.10 Å². The Morgan fingerprint density at radius 1 is 1.19 bits per heavy atom. The third kappa shape index (κ3) is 4.32. The van der Waals surface area contributed by atoms with Gasteiger partial charge in [-0.3, -0.25) is 9.59 Å². The Morgan fingerprint density at radius 3 is 2.58 bits per heavy atom. The van der Waals surface area contributed by atoms with Gasteiger partial charge in [0.1, 0.15) is 5.69 Å². The minimum Gasteiger partial charge on any atom is -0.391 e. The molecule has 6 heteroatoms. The van der Waals surface area contributed by atoms with Crippen LogP contribution in [-0.4, -0.2) is 51.6 Å². The van der Waals surface area contributed by atoms with Gasteiger partial charge in [0.2, 0.25) is 5.91 Å². The maximum atomic E-state index is 12.6. The van der Waals surface area contributed by atoms with E-state index in [0.717, 1.165) is 11.1 Å². The van der Waals surface area contributed by atoms with Crippen LogP contribution in [0.15, 0.2) is 42.6 Å². The van der Waals surface area contributed by atoms with Crippen LogP contribution >= 0.6 is 0 Å². The lowest BCUT2D eigenvalue weighted by molar-refractivity contribution is -0.134. The van der Waals surface area contributed by atoms with Gasteiger partial charge in [0.25, 0.3) is 5.91 Å². The maximum Gasteiger partial charge on any atom is 0.268 e. The molecule has 2 aromatic rings. The lowest BCUT2D eigenvalue weighted by Crippen LogP contribution is -2.54. The molecule has 1 saturated heterocycles. The molecular formula is C20H25N3O3. The largest absolute Gasteiger partial charge is 0.391 e. The van der Waals surface area contributed by atoms with Gasteiger partial charge in [-0.25, -0.2) is 0 Å². The van der Waals surface area contributed by atoms with E-state index in [-0.39, 0.29) is 17.9 Å². The van der Waals surface area contributed by atoms with Gasteiger partial charge in [-0.15, -0.1) is 0 Å². The number of rotatable bonds is 4. The van der Waals surface area contributed by atoms with Crippen LogP contribution < -0.4 is 5.32 Å². The summed E-state index contributed by atoms with van der Waals surface area (Å²) in [5, 5.41) is 13.1. The lowest BCUT2D eigenvalue weighted by atomic mass is 10.0. The second-order valence-electron chi connectivity index (χ2n) is 7.03.